The van der Waals surface area contributed by atoms with Crippen LogP contribution in [0.4, 0.5) is 13.2 Å². The summed E-state index contributed by atoms with van der Waals surface area (Å²) < 4.78 is 38.3. The van der Waals surface area contributed by atoms with Gasteiger partial charge in [-0.1, -0.05) is 13.8 Å². The zero-order valence-electron chi connectivity index (χ0n) is 9.91. The number of hydrogen-bond donors (Lipinski definition) is 2. The van der Waals surface area contributed by atoms with Gasteiger partial charge in [-0.25, -0.2) is 0 Å². The molecule has 1 rings (SSSR count). The highest BCUT2D eigenvalue weighted by molar-refractivity contribution is 7.08. The average molecular weight is 281 g/mol. The van der Waals surface area contributed by atoms with Crippen molar-refractivity contribution in [1.82, 2.24) is 0 Å². The van der Waals surface area contributed by atoms with E-state index in [4.69, 9.17) is 5.73 Å². The van der Waals surface area contributed by atoms with E-state index in [1.807, 2.05) is 0 Å². The second-order valence-electron chi connectivity index (χ2n) is 4.79. The van der Waals surface area contributed by atoms with Gasteiger partial charge in [0.15, 0.2) is 0 Å². The lowest BCUT2D eigenvalue weighted by atomic mass is 9.75. The Bertz CT molecular complexity index is 428. The van der Waals surface area contributed by atoms with Crippen LogP contribution in [0.3, 0.4) is 0 Å². The fourth-order valence-corrected chi connectivity index (χ4v) is 2.57. The van der Waals surface area contributed by atoms with E-state index in [-0.39, 0.29) is 0 Å². The molecule has 1 unspecified atom stereocenters. The number of thiophene rings is 1. The lowest BCUT2D eigenvalue weighted by Gasteiger charge is -2.35. The van der Waals surface area contributed by atoms with Crippen LogP contribution in [-0.2, 0) is 10.2 Å². The molecule has 7 heteroatoms. The Morgan fingerprint density at radius 3 is 2.33 bits per heavy atom. The topological polar surface area (TPSA) is 63.3 Å². The molecule has 0 radical (unpaired) electrons. The monoisotopic (exact) mass is 281 g/mol. The van der Waals surface area contributed by atoms with Gasteiger partial charge in [-0.05, 0) is 27.8 Å². The fourth-order valence-electron chi connectivity index (χ4n) is 1.72. The second-order valence-corrected chi connectivity index (χ2v) is 5.58. The van der Waals surface area contributed by atoms with Crippen molar-refractivity contribution in [3.63, 3.8) is 0 Å². The molecular weight excluding hydrogens is 267 g/mol. The van der Waals surface area contributed by atoms with Gasteiger partial charge in [-0.15, -0.1) is 0 Å². The van der Waals surface area contributed by atoms with Crippen molar-refractivity contribution >= 4 is 17.2 Å². The van der Waals surface area contributed by atoms with Gasteiger partial charge in [-0.2, -0.15) is 24.5 Å². The van der Waals surface area contributed by atoms with E-state index in [0.29, 0.717) is 5.56 Å². The minimum Gasteiger partial charge on any atom is -0.373 e. The van der Waals surface area contributed by atoms with Crippen LogP contribution in [-0.4, -0.2) is 22.8 Å². The van der Waals surface area contributed by atoms with Crippen molar-refractivity contribution in [3.8, 4) is 0 Å². The molecule has 0 aliphatic carbocycles. The molecule has 0 saturated carbocycles. The highest BCUT2D eigenvalue weighted by Gasteiger charge is 2.60. The maximum Gasteiger partial charge on any atom is 0.426 e. The number of primary amides is 1. The molecule has 0 aromatic carbocycles. The Kier molecular flexibility index (Phi) is 3.78. The lowest BCUT2D eigenvalue weighted by molar-refractivity contribution is -0.255. The van der Waals surface area contributed by atoms with E-state index in [0.717, 1.165) is 0 Å². The largest absolute Gasteiger partial charge is 0.426 e. The lowest BCUT2D eigenvalue weighted by Crippen LogP contribution is -2.57. The van der Waals surface area contributed by atoms with E-state index in [1.54, 1.807) is 16.8 Å². The first kappa shape index (κ1) is 15.0. The number of alkyl halides is 3. The zero-order chi connectivity index (χ0) is 14.2. The first-order valence-electron chi connectivity index (χ1n) is 5.12. The summed E-state index contributed by atoms with van der Waals surface area (Å²) in [6.07, 6.45) is -5.90. The highest BCUT2D eigenvalue weighted by atomic mass is 32.1. The standard InChI is InChI=1S/C11H14F3NO2S/c1-9(2,7-3-4-18-5-7)6-10(17,8(15)16)11(12,13)14/h3-5,17H,6H2,1-2H3,(H2,15,16). The molecule has 0 spiro atoms. The Labute approximate surface area is 106 Å². The van der Waals surface area contributed by atoms with Gasteiger partial charge >= 0.3 is 6.18 Å². The van der Waals surface area contributed by atoms with Crippen LogP contribution in [0, 0.1) is 0 Å². The number of hydrogen-bond acceptors (Lipinski definition) is 3. The van der Waals surface area contributed by atoms with Gasteiger partial charge in [0.2, 0.25) is 5.60 Å². The first-order chi connectivity index (χ1) is 8.01. The second kappa shape index (κ2) is 4.55. The van der Waals surface area contributed by atoms with Crippen LogP contribution in [0.2, 0.25) is 0 Å². The minimum absolute atomic E-state index is 0.622. The van der Waals surface area contributed by atoms with E-state index < -0.39 is 29.5 Å². The van der Waals surface area contributed by atoms with E-state index >= 15 is 0 Å². The number of nitrogens with two attached hydrogens (primary N) is 1. The average Bonchev–Trinajstić information content (AvgIpc) is 2.67. The predicted molar refractivity (Wildman–Crippen MR) is 62.2 cm³/mol. The highest BCUT2D eigenvalue weighted by Crippen LogP contribution is 2.41. The fraction of sp³-hybridized carbons (Fsp3) is 0.545. The quantitative estimate of drug-likeness (QED) is 0.888. The molecule has 102 valence electrons. The van der Waals surface area contributed by atoms with Crippen molar-refractivity contribution < 1.29 is 23.1 Å². The molecule has 1 heterocycles. The van der Waals surface area contributed by atoms with E-state index in [2.05, 4.69) is 0 Å². The summed E-state index contributed by atoms with van der Waals surface area (Å²) in [5, 5.41) is 13.0. The molecule has 1 amide bonds. The van der Waals surface area contributed by atoms with Gasteiger partial charge in [0.25, 0.3) is 5.91 Å². The summed E-state index contributed by atoms with van der Waals surface area (Å²) in [6.45, 7) is 3.05. The molecule has 3 nitrogen and oxygen atoms in total. The first-order valence-corrected chi connectivity index (χ1v) is 6.07. The van der Waals surface area contributed by atoms with Crippen LogP contribution in [0.25, 0.3) is 0 Å². The van der Waals surface area contributed by atoms with Gasteiger partial charge in [-0.3, -0.25) is 4.79 Å². The third-order valence-electron chi connectivity index (χ3n) is 2.88. The maximum atomic E-state index is 12.8. The van der Waals surface area contributed by atoms with E-state index in [9.17, 15) is 23.1 Å². The normalized spacial score (nSPS) is 16.3. The summed E-state index contributed by atoms with van der Waals surface area (Å²) >= 11 is 1.33. The number of amides is 1. The molecule has 1 atom stereocenters. The molecule has 0 aliphatic heterocycles. The summed E-state index contributed by atoms with van der Waals surface area (Å²) in [5.41, 5.74) is 0.803. The molecule has 18 heavy (non-hydrogen) atoms. The molecule has 1 aromatic rings. The van der Waals surface area contributed by atoms with Crippen molar-refractivity contribution in [2.24, 2.45) is 5.73 Å². The summed E-state index contributed by atoms with van der Waals surface area (Å²) in [4.78, 5) is 11.0. The number of rotatable bonds is 4. The third kappa shape index (κ3) is 2.67. The number of carbonyl (C=O) groups excluding carboxylic acids is 1. The van der Waals surface area contributed by atoms with Crippen molar-refractivity contribution in [2.45, 2.75) is 37.5 Å². The van der Waals surface area contributed by atoms with Crippen LogP contribution >= 0.6 is 11.3 Å². The maximum absolute atomic E-state index is 12.8. The molecule has 3 N–H and O–H groups in total. The van der Waals surface area contributed by atoms with Gasteiger partial charge in [0.1, 0.15) is 0 Å². The SMILES string of the molecule is CC(C)(CC(O)(C(N)=O)C(F)(F)F)c1ccsc1. The molecule has 1 aromatic heterocycles. The van der Waals surface area contributed by atoms with Crippen LogP contribution in [0.5, 0.6) is 0 Å². The number of aliphatic hydroxyl groups is 1. The Morgan fingerprint density at radius 1 is 1.44 bits per heavy atom. The van der Waals surface area contributed by atoms with Crippen molar-refractivity contribution in [3.05, 3.63) is 22.4 Å². The minimum atomic E-state index is -5.09. The van der Waals surface area contributed by atoms with Gasteiger partial charge < -0.3 is 10.8 Å². The summed E-state index contributed by atoms with van der Waals surface area (Å²) in [5.74, 6) is -1.78. The van der Waals surface area contributed by atoms with Crippen molar-refractivity contribution in [2.75, 3.05) is 0 Å². The molecule has 0 saturated heterocycles. The Balaban J connectivity index is 3.10. The van der Waals surface area contributed by atoms with Crippen LogP contribution in [0.15, 0.2) is 16.8 Å². The number of halogens is 3. The van der Waals surface area contributed by atoms with Gasteiger partial charge in [0, 0.05) is 6.42 Å². The smallest absolute Gasteiger partial charge is 0.373 e. The zero-order valence-corrected chi connectivity index (χ0v) is 10.7. The molecule has 0 fully saturated rings. The summed E-state index contributed by atoms with van der Waals surface area (Å²) in [7, 11) is 0. The molecule has 0 bridgehead atoms. The van der Waals surface area contributed by atoms with E-state index in [1.165, 1.54) is 25.2 Å². The Morgan fingerprint density at radius 2 is 2.00 bits per heavy atom. The molecular formula is C11H14F3NO2S. The predicted octanol–water partition coefficient (Wildman–Crippen LogP) is 2.19. The van der Waals surface area contributed by atoms with Crippen molar-refractivity contribution in [1.29, 1.82) is 0 Å². The third-order valence-corrected chi connectivity index (χ3v) is 3.56. The van der Waals surface area contributed by atoms with Crippen LogP contribution in [0.1, 0.15) is 25.8 Å². The number of carbonyl (C=O) groups is 1. The molecule has 0 aliphatic rings. The summed E-state index contributed by atoms with van der Waals surface area (Å²) in [6, 6.07) is 1.66. The Hall–Kier alpha value is -1.08. The van der Waals surface area contributed by atoms with Gasteiger partial charge in [0.05, 0.1) is 0 Å². The van der Waals surface area contributed by atoms with Crippen LogP contribution < -0.4 is 5.73 Å².